The molecule has 0 aliphatic carbocycles. The first-order valence-electron chi connectivity index (χ1n) is 4.90. The molecule has 0 radical (unpaired) electrons. The average Bonchev–Trinajstić information content (AvgIpc) is 2.75. The molecule has 1 aromatic heterocycles. The van der Waals surface area contributed by atoms with Gasteiger partial charge in [-0.05, 0) is 18.9 Å². The smallest absolute Gasteiger partial charge is 0.253 e. The zero-order chi connectivity index (χ0) is 11.5. The Kier molecular flexibility index (Phi) is 3.63. The maximum atomic E-state index is 11.7. The van der Waals surface area contributed by atoms with E-state index in [-0.39, 0.29) is 12.0 Å². The maximum absolute atomic E-state index is 11.7. The highest BCUT2D eigenvalue weighted by Crippen LogP contribution is 2.24. The number of aromatic nitrogens is 1. The molecule has 1 atom stereocenters. The SMILES string of the molecule is O=C(Nc1cnc(Cl)cc1Cl)[C@H]1CCCO1. The van der Waals surface area contributed by atoms with E-state index in [1.807, 2.05) is 0 Å². The predicted octanol–water partition coefficient (Wildman–Crippen LogP) is 2.51. The van der Waals surface area contributed by atoms with Crippen molar-refractivity contribution in [2.45, 2.75) is 18.9 Å². The molecule has 1 amide bonds. The van der Waals surface area contributed by atoms with Crippen LogP contribution in [0, 0.1) is 0 Å². The highest BCUT2D eigenvalue weighted by atomic mass is 35.5. The van der Waals surface area contributed by atoms with Crippen LogP contribution in [0.2, 0.25) is 10.2 Å². The number of carbonyl (C=O) groups excluding carboxylic acids is 1. The van der Waals surface area contributed by atoms with Crippen molar-refractivity contribution >= 4 is 34.8 Å². The van der Waals surface area contributed by atoms with Crippen molar-refractivity contribution in [2.24, 2.45) is 0 Å². The highest BCUT2D eigenvalue weighted by molar-refractivity contribution is 6.36. The summed E-state index contributed by atoms with van der Waals surface area (Å²) in [6.07, 6.45) is 2.69. The fourth-order valence-electron chi connectivity index (χ4n) is 1.50. The highest BCUT2D eigenvalue weighted by Gasteiger charge is 2.24. The Balaban J connectivity index is 2.05. The minimum atomic E-state index is -0.383. The van der Waals surface area contributed by atoms with E-state index < -0.39 is 0 Å². The molecular formula is C10H10Cl2N2O2. The lowest BCUT2D eigenvalue weighted by atomic mass is 10.2. The number of ether oxygens (including phenoxy) is 1. The normalized spacial score (nSPS) is 19.8. The van der Waals surface area contributed by atoms with Crippen LogP contribution in [-0.2, 0) is 9.53 Å². The maximum Gasteiger partial charge on any atom is 0.253 e. The van der Waals surface area contributed by atoms with Gasteiger partial charge in [-0.1, -0.05) is 23.2 Å². The molecule has 0 unspecified atom stereocenters. The van der Waals surface area contributed by atoms with E-state index in [0.29, 0.717) is 22.5 Å². The van der Waals surface area contributed by atoms with E-state index >= 15 is 0 Å². The number of pyridine rings is 1. The third-order valence-corrected chi connectivity index (χ3v) is 2.82. The molecule has 1 aromatic rings. The van der Waals surface area contributed by atoms with E-state index in [2.05, 4.69) is 10.3 Å². The molecule has 0 spiro atoms. The first-order valence-corrected chi connectivity index (χ1v) is 5.66. The lowest BCUT2D eigenvalue weighted by Gasteiger charge is -2.11. The van der Waals surface area contributed by atoms with Crippen LogP contribution in [0.3, 0.4) is 0 Å². The molecular weight excluding hydrogens is 251 g/mol. The predicted molar refractivity (Wildman–Crippen MR) is 61.9 cm³/mol. The van der Waals surface area contributed by atoms with Crippen LogP contribution in [0.4, 0.5) is 5.69 Å². The number of anilines is 1. The molecule has 16 heavy (non-hydrogen) atoms. The standard InChI is InChI=1S/C10H10Cl2N2O2/c11-6-4-9(12)13-5-7(6)14-10(15)8-2-1-3-16-8/h4-5,8H,1-3H2,(H,14,15)/t8-/m1/s1. The van der Waals surface area contributed by atoms with Gasteiger partial charge < -0.3 is 10.1 Å². The topological polar surface area (TPSA) is 51.2 Å². The Bertz CT molecular complexity index is 406. The Hall–Kier alpha value is -0.840. The second kappa shape index (κ2) is 4.99. The molecule has 1 aliphatic rings. The molecule has 4 nitrogen and oxygen atoms in total. The fraction of sp³-hybridized carbons (Fsp3) is 0.400. The molecule has 0 bridgehead atoms. The summed E-state index contributed by atoms with van der Waals surface area (Å²) in [6, 6.07) is 1.48. The Morgan fingerprint density at radius 1 is 1.56 bits per heavy atom. The Morgan fingerprint density at radius 2 is 2.38 bits per heavy atom. The van der Waals surface area contributed by atoms with E-state index in [1.165, 1.54) is 12.3 Å². The van der Waals surface area contributed by atoms with Crippen molar-refractivity contribution in [2.75, 3.05) is 11.9 Å². The van der Waals surface area contributed by atoms with Crippen molar-refractivity contribution in [3.8, 4) is 0 Å². The van der Waals surface area contributed by atoms with Crippen molar-refractivity contribution in [3.05, 3.63) is 22.4 Å². The van der Waals surface area contributed by atoms with Gasteiger partial charge in [0.15, 0.2) is 0 Å². The molecule has 86 valence electrons. The molecule has 2 rings (SSSR count). The first kappa shape index (κ1) is 11.6. The number of rotatable bonds is 2. The van der Waals surface area contributed by atoms with Gasteiger partial charge in [-0.15, -0.1) is 0 Å². The third-order valence-electron chi connectivity index (χ3n) is 2.30. The summed E-state index contributed by atoms with van der Waals surface area (Å²) in [5, 5.41) is 3.32. The first-order chi connectivity index (χ1) is 7.66. The van der Waals surface area contributed by atoms with Gasteiger partial charge in [0.2, 0.25) is 0 Å². The van der Waals surface area contributed by atoms with E-state index in [0.717, 1.165) is 12.8 Å². The summed E-state index contributed by atoms with van der Waals surface area (Å²) in [4.78, 5) is 15.5. The van der Waals surface area contributed by atoms with Crippen molar-refractivity contribution in [1.82, 2.24) is 4.98 Å². The summed E-state index contributed by atoms with van der Waals surface area (Å²) in [5.41, 5.74) is 0.451. The molecule has 6 heteroatoms. The summed E-state index contributed by atoms with van der Waals surface area (Å²) in [6.45, 7) is 0.630. The van der Waals surface area contributed by atoms with Gasteiger partial charge in [-0.2, -0.15) is 0 Å². The number of nitrogens with one attached hydrogen (secondary N) is 1. The molecule has 1 N–H and O–H groups in total. The van der Waals surface area contributed by atoms with Crippen molar-refractivity contribution in [3.63, 3.8) is 0 Å². The van der Waals surface area contributed by atoms with Crippen LogP contribution in [0.5, 0.6) is 0 Å². The zero-order valence-corrected chi connectivity index (χ0v) is 9.88. The minimum Gasteiger partial charge on any atom is -0.368 e. The second-order valence-corrected chi connectivity index (χ2v) is 4.27. The largest absolute Gasteiger partial charge is 0.368 e. The molecule has 0 saturated carbocycles. The van der Waals surface area contributed by atoms with Gasteiger partial charge in [0.05, 0.1) is 16.9 Å². The number of carbonyl (C=O) groups is 1. The van der Waals surface area contributed by atoms with Crippen LogP contribution in [0.25, 0.3) is 0 Å². The number of halogens is 2. The monoisotopic (exact) mass is 260 g/mol. The summed E-state index contributed by atoms with van der Waals surface area (Å²) >= 11 is 11.5. The van der Waals surface area contributed by atoms with E-state index in [9.17, 15) is 4.79 Å². The van der Waals surface area contributed by atoms with Crippen LogP contribution < -0.4 is 5.32 Å². The van der Waals surface area contributed by atoms with Crippen LogP contribution in [0.1, 0.15) is 12.8 Å². The number of hydrogen-bond acceptors (Lipinski definition) is 3. The molecule has 2 heterocycles. The number of nitrogens with zero attached hydrogens (tertiary/aromatic N) is 1. The fourth-order valence-corrected chi connectivity index (χ4v) is 1.91. The number of hydrogen-bond donors (Lipinski definition) is 1. The van der Waals surface area contributed by atoms with Crippen LogP contribution >= 0.6 is 23.2 Å². The van der Waals surface area contributed by atoms with Crippen molar-refractivity contribution in [1.29, 1.82) is 0 Å². The summed E-state index contributed by atoms with van der Waals surface area (Å²) in [5.74, 6) is -0.191. The zero-order valence-electron chi connectivity index (χ0n) is 8.37. The van der Waals surface area contributed by atoms with Gasteiger partial charge in [0.25, 0.3) is 5.91 Å². The lowest BCUT2D eigenvalue weighted by molar-refractivity contribution is -0.124. The van der Waals surface area contributed by atoms with Gasteiger partial charge in [-0.25, -0.2) is 4.98 Å². The molecule has 1 fully saturated rings. The average molecular weight is 261 g/mol. The van der Waals surface area contributed by atoms with Gasteiger partial charge in [0.1, 0.15) is 11.3 Å². The van der Waals surface area contributed by atoms with Crippen LogP contribution in [0.15, 0.2) is 12.3 Å². The molecule has 1 aliphatic heterocycles. The van der Waals surface area contributed by atoms with Gasteiger partial charge in [0, 0.05) is 6.61 Å². The third kappa shape index (κ3) is 2.64. The van der Waals surface area contributed by atoms with Gasteiger partial charge in [-0.3, -0.25) is 4.79 Å². The van der Waals surface area contributed by atoms with Crippen LogP contribution in [-0.4, -0.2) is 23.6 Å². The summed E-state index contributed by atoms with van der Waals surface area (Å²) in [7, 11) is 0. The van der Waals surface area contributed by atoms with Gasteiger partial charge >= 0.3 is 0 Å². The second-order valence-electron chi connectivity index (χ2n) is 3.48. The molecule has 0 aromatic carbocycles. The quantitative estimate of drug-likeness (QED) is 0.832. The molecule has 1 saturated heterocycles. The van der Waals surface area contributed by atoms with E-state index in [4.69, 9.17) is 27.9 Å². The van der Waals surface area contributed by atoms with Crippen molar-refractivity contribution < 1.29 is 9.53 Å². The Labute approximate surface area is 103 Å². The summed E-state index contributed by atoms with van der Waals surface area (Å²) < 4.78 is 5.25. The Morgan fingerprint density at radius 3 is 3.00 bits per heavy atom. The number of amides is 1. The minimum absolute atomic E-state index is 0.191. The van der Waals surface area contributed by atoms with E-state index in [1.54, 1.807) is 0 Å². The lowest BCUT2D eigenvalue weighted by Crippen LogP contribution is -2.27.